The number of carboxylic acids is 2. The Morgan fingerprint density at radius 3 is 2.23 bits per heavy atom. The van der Waals surface area contributed by atoms with E-state index in [2.05, 4.69) is 0 Å². The third kappa shape index (κ3) is 3.17. The van der Waals surface area contributed by atoms with Gasteiger partial charge in [-0.1, -0.05) is 48.4 Å². The van der Waals surface area contributed by atoms with E-state index in [-0.39, 0.29) is 17.7 Å². The van der Waals surface area contributed by atoms with Crippen LogP contribution in [0.3, 0.4) is 0 Å². The molecule has 3 aromatic rings. The second kappa shape index (κ2) is 7.95. The number of halogens is 1. The molecule has 0 amide bonds. The van der Waals surface area contributed by atoms with Gasteiger partial charge in [0.15, 0.2) is 5.41 Å². The average molecular weight is 428 g/mol. The molecule has 156 valence electrons. The molecule has 30 heavy (non-hydrogen) atoms. The van der Waals surface area contributed by atoms with E-state index >= 15 is 0 Å². The number of rotatable bonds is 7. The molecule has 7 heteroatoms. The van der Waals surface area contributed by atoms with Crippen LogP contribution in [0.25, 0.3) is 10.9 Å². The van der Waals surface area contributed by atoms with E-state index in [0.717, 1.165) is 5.56 Å². The van der Waals surface area contributed by atoms with Crippen LogP contribution in [0.5, 0.6) is 0 Å². The Morgan fingerprint density at radius 2 is 1.70 bits per heavy atom. The van der Waals surface area contributed by atoms with E-state index in [0.29, 0.717) is 28.0 Å². The topological polar surface area (TPSA) is 96.6 Å². The quantitative estimate of drug-likeness (QED) is 0.422. The highest BCUT2D eigenvalue weighted by Crippen LogP contribution is 2.41. The van der Waals surface area contributed by atoms with Gasteiger partial charge in [-0.15, -0.1) is 0 Å². The summed E-state index contributed by atoms with van der Waals surface area (Å²) in [5.74, 6) is -3.45. The molecule has 2 aromatic carbocycles. The first-order chi connectivity index (χ1) is 14.2. The van der Waals surface area contributed by atoms with Crippen molar-refractivity contribution in [2.24, 2.45) is 0 Å². The van der Waals surface area contributed by atoms with Crippen molar-refractivity contribution in [2.45, 2.75) is 39.2 Å². The molecule has 1 aromatic heterocycles. The number of fused-ring (bicyclic) bond motifs is 1. The Bertz CT molecular complexity index is 1160. The van der Waals surface area contributed by atoms with Crippen LogP contribution in [-0.2, 0) is 21.5 Å². The average Bonchev–Trinajstić information content (AvgIpc) is 3.01. The van der Waals surface area contributed by atoms with Crippen LogP contribution < -0.4 is 0 Å². The highest BCUT2D eigenvalue weighted by atomic mass is 35.5. The molecular weight excluding hydrogens is 406 g/mol. The SMILES string of the molecule is CCn1c(C(=O)c2cccc(C)c2)c(C(CC)(C(=O)O)C(=O)O)c2ccc(Cl)cc21. The predicted octanol–water partition coefficient (Wildman–Crippen LogP) is 4.67. The zero-order valence-electron chi connectivity index (χ0n) is 16.9. The Kier molecular flexibility index (Phi) is 5.72. The fourth-order valence-electron chi connectivity index (χ4n) is 4.03. The van der Waals surface area contributed by atoms with Gasteiger partial charge >= 0.3 is 11.9 Å². The Labute approximate surface area is 178 Å². The van der Waals surface area contributed by atoms with E-state index in [9.17, 15) is 24.6 Å². The fraction of sp³-hybridized carbons (Fsp3) is 0.261. The summed E-state index contributed by atoms with van der Waals surface area (Å²) in [5.41, 5.74) is -0.474. The fourth-order valence-corrected chi connectivity index (χ4v) is 4.19. The number of hydrogen-bond donors (Lipinski definition) is 2. The molecule has 0 aliphatic rings. The number of aryl methyl sites for hydroxylation is 2. The van der Waals surface area contributed by atoms with Crippen molar-refractivity contribution in [3.8, 4) is 0 Å². The van der Waals surface area contributed by atoms with Crippen LogP contribution in [0.2, 0.25) is 5.02 Å². The van der Waals surface area contributed by atoms with Gasteiger partial charge in [0.05, 0.1) is 11.2 Å². The normalized spacial score (nSPS) is 11.6. The van der Waals surface area contributed by atoms with Crippen molar-refractivity contribution in [3.05, 3.63) is 69.9 Å². The number of carboxylic acid groups (broad SMARTS) is 2. The molecule has 3 rings (SSSR count). The maximum Gasteiger partial charge on any atom is 0.325 e. The van der Waals surface area contributed by atoms with Crippen LogP contribution in [0.1, 0.15) is 47.4 Å². The van der Waals surface area contributed by atoms with Gasteiger partial charge in [0.25, 0.3) is 0 Å². The van der Waals surface area contributed by atoms with Crippen molar-refractivity contribution in [3.63, 3.8) is 0 Å². The lowest BCUT2D eigenvalue weighted by Gasteiger charge is -2.25. The summed E-state index contributed by atoms with van der Waals surface area (Å²) in [6.07, 6.45) is -0.225. The summed E-state index contributed by atoms with van der Waals surface area (Å²) in [6, 6.07) is 11.7. The molecule has 0 saturated carbocycles. The predicted molar refractivity (Wildman–Crippen MR) is 114 cm³/mol. The summed E-state index contributed by atoms with van der Waals surface area (Å²) >= 11 is 6.17. The molecule has 0 spiro atoms. The highest BCUT2D eigenvalue weighted by molar-refractivity contribution is 6.31. The Balaban J connectivity index is 2.52. The molecule has 1 heterocycles. The molecule has 0 fully saturated rings. The first-order valence-electron chi connectivity index (χ1n) is 9.59. The molecule has 0 atom stereocenters. The van der Waals surface area contributed by atoms with Gasteiger partial charge in [0, 0.05) is 28.1 Å². The standard InChI is InChI=1S/C23H22ClNO5/c1-4-23(21(27)28,22(29)30)18-16-10-9-15(24)12-17(16)25(5-2)19(18)20(26)14-8-6-7-13(3)11-14/h6-12H,4-5H2,1-3H3,(H,27,28)(H,29,30). The summed E-state index contributed by atoms with van der Waals surface area (Å²) in [7, 11) is 0. The van der Waals surface area contributed by atoms with E-state index in [1.165, 1.54) is 6.92 Å². The number of carbonyl (C=O) groups excluding carboxylic acids is 1. The van der Waals surface area contributed by atoms with Crippen LogP contribution >= 0.6 is 11.6 Å². The van der Waals surface area contributed by atoms with Crippen molar-refractivity contribution >= 4 is 40.2 Å². The van der Waals surface area contributed by atoms with Gasteiger partial charge in [-0.25, -0.2) is 0 Å². The number of aliphatic carboxylic acids is 2. The summed E-state index contributed by atoms with van der Waals surface area (Å²) < 4.78 is 1.65. The van der Waals surface area contributed by atoms with E-state index in [1.807, 2.05) is 19.9 Å². The molecule has 0 aliphatic carbocycles. The third-order valence-corrected chi connectivity index (χ3v) is 5.76. The molecule has 0 radical (unpaired) electrons. The van der Waals surface area contributed by atoms with Crippen LogP contribution in [0.4, 0.5) is 0 Å². The third-order valence-electron chi connectivity index (χ3n) is 5.53. The lowest BCUT2D eigenvalue weighted by Crippen LogP contribution is -2.44. The van der Waals surface area contributed by atoms with Gasteiger partial charge in [0.2, 0.25) is 5.78 Å². The van der Waals surface area contributed by atoms with Gasteiger partial charge in [-0.05, 0) is 38.5 Å². The first-order valence-corrected chi connectivity index (χ1v) is 9.97. The molecule has 0 bridgehead atoms. The Morgan fingerprint density at radius 1 is 1.03 bits per heavy atom. The molecule has 0 aliphatic heterocycles. The maximum atomic E-state index is 13.6. The first kappa shape index (κ1) is 21.6. The van der Waals surface area contributed by atoms with Crippen molar-refractivity contribution in [1.29, 1.82) is 0 Å². The summed E-state index contributed by atoms with van der Waals surface area (Å²) in [6.45, 7) is 5.49. The van der Waals surface area contributed by atoms with Gasteiger partial charge in [0.1, 0.15) is 0 Å². The van der Waals surface area contributed by atoms with Gasteiger partial charge in [-0.3, -0.25) is 14.4 Å². The number of hydrogen-bond acceptors (Lipinski definition) is 3. The summed E-state index contributed by atoms with van der Waals surface area (Å²) in [4.78, 5) is 38.3. The smallest absolute Gasteiger partial charge is 0.325 e. The van der Waals surface area contributed by atoms with Crippen molar-refractivity contribution < 1.29 is 24.6 Å². The van der Waals surface area contributed by atoms with Gasteiger partial charge < -0.3 is 14.8 Å². The molecule has 0 unspecified atom stereocenters. The lowest BCUT2D eigenvalue weighted by molar-refractivity contribution is -0.157. The van der Waals surface area contributed by atoms with E-state index in [4.69, 9.17) is 11.6 Å². The molecule has 6 nitrogen and oxygen atoms in total. The Hall–Kier alpha value is -3.12. The monoisotopic (exact) mass is 427 g/mol. The van der Waals surface area contributed by atoms with Crippen LogP contribution in [0, 0.1) is 6.92 Å². The zero-order chi connectivity index (χ0) is 22.2. The lowest BCUT2D eigenvalue weighted by atomic mass is 9.75. The molecule has 0 saturated heterocycles. The van der Waals surface area contributed by atoms with Crippen molar-refractivity contribution in [2.75, 3.05) is 0 Å². The van der Waals surface area contributed by atoms with Gasteiger partial charge in [-0.2, -0.15) is 0 Å². The number of benzene rings is 2. The number of carbonyl (C=O) groups is 3. The maximum absolute atomic E-state index is 13.6. The van der Waals surface area contributed by atoms with Crippen molar-refractivity contribution in [1.82, 2.24) is 4.57 Å². The largest absolute Gasteiger partial charge is 0.480 e. The number of aromatic nitrogens is 1. The van der Waals surface area contributed by atoms with E-state index in [1.54, 1.807) is 41.0 Å². The highest BCUT2D eigenvalue weighted by Gasteiger charge is 2.51. The minimum Gasteiger partial charge on any atom is -0.480 e. The minimum absolute atomic E-state index is 0.00924. The summed E-state index contributed by atoms with van der Waals surface area (Å²) in [5, 5.41) is 20.9. The molecule has 2 N–H and O–H groups in total. The number of ketones is 1. The second-order valence-electron chi connectivity index (χ2n) is 7.20. The number of nitrogens with zero attached hydrogens (tertiary/aromatic N) is 1. The zero-order valence-corrected chi connectivity index (χ0v) is 17.7. The minimum atomic E-state index is -2.28. The second-order valence-corrected chi connectivity index (χ2v) is 7.63. The van der Waals surface area contributed by atoms with E-state index < -0.39 is 23.1 Å². The molecular formula is C23H22ClNO5. The van der Waals surface area contributed by atoms with Crippen LogP contribution in [-0.4, -0.2) is 32.5 Å². The van der Waals surface area contributed by atoms with Crippen LogP contribution in [0.15, 0.2) is 42.5 Å².